The molecule has 3 unspecified atom stereocenters. The molecule has 0 aromatic carbocycles. The van der Waals surface area contributed by atoms with E-state index in [1.807, 2.05) is 0 Å². The van der Waals surface area contributed by atoms with E-state index in [9.17, 15) is 19.8 Å². The molecule has 0 spiro atoms. The highest BCUT2D eigenvalue weighted by Gasteiger charge is 2.24. The van der Waals surface area contributed by atoms with E-state index in [0.29, 0.717) is 19.3 Å². The first kappa shape index (κ1) is 61.6. The van der Waals surface area contributed by atoms with Crippen molar-refractivity contribution in [3.8, 4) is 0 Å². The van der Waals surface area contributed by atoms with Crippen LogP contribution in [0.4, 0.5) is 0 Å². The van der Waals surface area contributed by atoms with Crippen LogP contribution in [0.3, 0.4) is 0 Å². The fourth-order valence-corrected chi connectivity index (χ4v) is 9.02. The number of carbonyl (C=O) groups excluding carboxylic acids is 2. The van der Waals surface area contributed by atoms with Gasteiger partial charge in [-0.3, -0.25) is 9.59 Å². The number of carbonyl (C=O) groups is 2. The lowest BCUT2D eigenvalue weighted by molar-refractivity contribution is -0.151. The van der Waals surface area contributed by atoms with Crippen LogP contribution in [-0.2, 0) is 14.3 Å². The monoisotopic (exact) mass is 890 g/mol. The summed E-state index contributed by atoms with van der Waals surface area (Å²) in [6, 6.07) is -0.697. The molecule has 374 valence electrons. The van der Waals surface area contributed by atoms with Gasteiger partial charge < -0.3 is 20.3 Å². The second kappa shape index (κ2) is 51.6. The molecule has 0 heterocycles. The van der Waals surface area contributed by atoms with E-state index in [0.717, 1.165) is 51.4 Å². The third kappa shape index (κ3) is 46.9. The van der Waals surface area contributed by atoms with Gasteiger partial charge in [-0.15, -0.1) is 0 Å². The Balaban J connectivity index is 4.48. The van der Waals surface area contributed by atoms with Gasteiger partial charge in [-0.2, -0.15) is 0 Å². The lowest BCUT2D eigenvalue weighted by Gasteiger charge is -2.24. The van der Waals surface area contributed by atoms with E-state index >= 15 is 0 Å². The number of unbranched alkanes of at least 4 members (excludes halogenated alkanes) is 38. The molecule has 0 aromatic rings. The summed E-state index contributed by atoms with van der Waals surface area (Å²) in [5.41, 5.74) is 0. The molecule has 3 atom stereocenters. The number of aliphatic hydroxyl groups excluding tert-OH is 2. The van der Waals surface area contributed by atoms with Crippen LogP contribution in [0.2, 0.25) is 0 Å². The lowest BCUT2D eigenvalue weighted by atomic mass is 10.0. The molecule has 63 heavy (non-hydrogen) atoms. The molecule has 0 saturated carbocycles. The summed E-state index contributed by atoms with van der Waals surface area (Å²) < 4.78 is 5.95. The molecule has 6 heteroatoms. The number of amides is 1. The van der Waals surface area contributed by atoms with E-state index in [1.54, 1.807) is 0 Å². The summed E-state index contributed by atoms with van der Waals surface area (Å²) >= 11 is 0. The van der Waals surface area contributed by atoms with E-state index in [-0.39, 0.29) is 24.9 Å². The molecule has 0 radical (unpaired) electrons. The van der Waals surface area contributed by atoms with Gasteiger partial charge in [0.15, 0.2) is 0 Å². The van der Waals surface area contributed by atoms with Crippen molar-refractivity contribution in [1.29, 1.82) is 0 Å². The minimum Gasteiger partial charge on any atom is -0.462 e. The van der Waals surface area contributed by atoms with Crippen molar-refractivity contribution in [2.24, 2.45) is 0 Å². The van der Waals surface area contributed by atoms with Gasteiger partial charge in [0.05, 0.1) is 25.2 Å². The summed E-state index contributed by atoms with van der Waals surface area (Å²) in [5.74, 6) is -0.458. The highest BCUT2D eigenvalue weighted by molar-refractivity contribution is 5.77. The summed E-state index contributed by atoms with van der Waals surface area (Å²) in [6.07, 6.45) is 58.5. The zero-order valence-corrected chi connectivity index (χ0v) is 42.7. The first-order valence-corrected chi connectivity index (χ1v) is 28.4. The van der Waals surface area contributed by atoms with Crippen molar-refractivity contribution >= 4 is 11.9 Å². The summed E-state index contributed by atoms with van der Waals surface area (Å²) in [5, 5.41) is 23.9. The van der Waals surface area contributed by atoms with Gasteiger partial charge in [0.1, 0.15) is 6.10 Å². The molecule has 0 aliphatic heterocycles. The number of aliphatic hydroxyl groups is 2. The largest absolute Gasteiger partial charge is 0.462 e. The van der Waals surface area contributed by atoms with Gasteiger partial charge in [0, 0.05) is 6.42 Å². The summed E-state index contributed by atoms with van der Waals surface area (Å²) in [7, 11) is 0. The Kier molecular flexibility index (Phi) is 50.4. The van der Waals surface area contributed by atoms with Crippen LogP contribution in [0.1, 0.15) is 316 Å². The summed E-state index contributed by atoms with van der Waals surface area (Å²) in [4.78, 5) is 26.2. The smallest absolute Gasteiger partial charge is 0.306 e. The molecule has 0 aliphatic carbocycles. The van der Waals surface area contributed by atoms with Gasteiger partial charge in [0.2, 0.25) is 5.91 Å². The first-order valence-electron chi connectivity index (χ1n) is 28.4. The van der Waals surface area contributed by atoms with Crippen LogP contribution in [0.25, 0.3) is 0 Å². The third-order valence-electron chi connectivity index (χ3n) is 13.3. The second-order valence-electron chi connectivity index (χ2n) is 19.7. The predicted molar refractivity (Wildman–Crippen MR) is 273 cm³/mol. The summed E-state index contributed by atoms with van der Waals surface area (Å²) in [6.45, 7) is 6.51. The minimum atomic E-state index is -0.784. The average molecular weight is 891 g/mol. The molecule has 0 bridgehead atoms. The number of ether oxygens (including phenoxy) is 1. The molecule has 1 amide bonds. The van der Waals surface area contributed by atoms with Gasteiger partial charge >= 0.3 is 5.97 Å². The predicted octanol–water partition coefficient (Wildman–Crippen LogP) is 17.3. The van der Waals surface area contributed by atoms with E-state index < -0.39 is 18.2 Å². The van der Waals surface area contributed by atoms with Crippen LogP contribution in [0, 0.1) is 0 Å². The van der Waals surface area contributed by atoms with Crippen LogP contribution in [0.15, 0.2) is 12.2 Å². The lowest BCUT2D eigenvalue weighted by Crippen LogP contribution is -2.46. The van der Waals surface area contributed by atoms with Crippen molar-refractivity contribution in [2.45, 2.75) is 334 Å². The van der Waals surface area contributed by atoms with E-state index in [4.69, 9.17) is 4.74 Å². The molecular weight excluding hydrogens is 779 g/mol. The van der Waals surface area contributed by atoms with Crippen molar-refractivity contribution in [1.82, 2.24) is 5.32 Å². The topological polar surface area (TPSA) is 95.9 Å². The normalized spacial score (nSPS) is 13.2. The number of esters is 1. The third-order valence-corrected chi connectivity index (χ3v) is 13.3. The van der Waals surface area contributed by atoms with Crippen LogP contribution in [0.5, 0.6) is 0 Å². The zero-order valence-electron chi connectivity index (χ0n) is 42.7. The fourth-order valence-electron chi connectivity index (χ4n) is 9.02. The van der Waals surface area contributed by atoms with Gasteiger partial charge in [0.25, 0.3) is 0 Å². The van der Waals surface area contributed by atoms with Crippen molar-refractivity contribution in [3.05, 3.63) is 12.2 Å². The van der Waals surface area contributed by atoms with Crippen molar-refractivity contribution < 1.29 is 24.5 Å². The highest BCUT2D eigenvalue weighted by atomic mass is 16.5. The van der Waals surface area contributed by atoms with Crippen LogP contribution in [-0.4, -0.2) is 46.9 Å². The molecular formula is C57H111NO5. The Morgan fingerprint density at radius 2 is 0.762 bits per heavy atom. The quantitative estimate of drug-likeness (QED) is 0.0321. The SMILES string of the molecule is CCCCCCCC/C=C/CCCCCCCCCC(CC(=O)NC(CO)C(O)CCCCCCCCCCCCCCCCCC)OC(=O)CCCCCCCCCCCCC. The van der Waals surface area contributed by atoms with Crippen LogP contribution < -0.4 is 5.32 Å². The highest BCUT2D eigenvalue weighted by Crippen LogP contribution is 2.19. The fraction of sp³-hybridized carbons (Fsp3) is 0.930. The molecule has 0 saturated heterocycles. The number of hydrogen-bond donors (Lipinski definition) is 3. The molecule has 0 rings (SSSR count). The second-order valence-corrected chi connectivity index (χ2v) is 19.7. The standard InChI is InChI=1S/C57H111NO5/c1-4-7-10-13-16-19-22-24-26-28-29-31-34-36-39-42-45-48-53(63-57(62)50-47-44-41-38-33-21-18-15-12-9-6-3)51-56(61)58-54(52-59)55(60)49-46-43-40-37-35-32-30-27-25-23-20-17-14-11-8-5-2/h24,26,53-55,59-60H,4-23,25,27-52H2,1-3H3,(H,58,61)/b26-24+. The molecule has 0 fully saturated rings. The Morgan fingerprint density at radius 1 is 0.444 bits per heavy atom. The Bertz CT molecular complexity index is 955. The zero-order chi connectivity index (χ0) is 45.9. The number of rotatable bonds is 52. The molecule has 0 aliphatic rings. The Morgan fingerprint density at radius 3 is 1.13 bits per heavy atom. The van der Waals surface area contributed by atoms with Crippen LogP contribution >= 0.6 is 0 Å². The number of allylic oxidation sites excluding steroid dienone is 2. The molecule has 3 N–H and O–H groups in total. The molecule has 0 aromatic heterocycles. The van der Waals surface area contributed by atoms with Gasteiger partial charge in [-0.05, 0) is 51.4 Å². The van der Waals surface area contributed by atoms with Crippen molar-refractivity contribution in [3.63, 3.8) is 0 Å². The minimum absolute atomic E-state index is 0.0820. The average Bonchev–Trinajstić information content (AvgIpc) is 3.28. The number of nitrogens with one attached hydrogen (secondary N) is 1. The maximum Gasteiger partial charge on any atom is 0.306 e. The maximum absolute atomic E-state index is 13.2. The Hall–Kier alpha value is -1.40. The number of hydrogen-bond acceptors (Lipinski definition) is 5. The van der Waals surface area contributed by atoms with E-state index in [1.165, 1.54) is 218 Å². The van der Waals surface area contributed by atoms with E-state index in [2.05, 4.69) is 38.2 Å². The van der Waals surface area contributed by atoms with Crippen molar-refractivity contribution in [2.75, 3.05) is 6.61 Å². The molecule has 6 nitrogen and oxygen atoms in total. The Labute approximate surface area is 393 Å². The van der Waals surface area contributed by atoms with Gasteiger partial charge in [-0.25, -0.2) is 0 Å². The maximum atomic E-state index is 13.2. The van der Waals surface area contributed by atoms with Gasteiger partial charge in [-0.1, -0.05) is 264 Å². The first-order chi connectivity index (χ1) is 31.0.